The summed E-state index contributed by atoms with van der Waals surface area (Å²) in [5.74, 6) is 0.740. The smallest absolute Gasteiger partial charge is 0.101 e. The summed E-state index contributed by atoms with van der Waals surface area (Å²) in [5.41, 5.74) is 7.94. The summed E-state index contributed by atoms with van der Waals surface area (Å²) in [7, 11) is 4.27. The maximum absolute atomic E-state index is 9.02. The zero-order valence-electron chi connectivity index (χ0n) is 11.8. The van der Waals surface area contributed by atoms with Crippen LogP contribution in [0.25, 0.3) is 0 Å². The van der Waals surface area contributed by atoms with Crippen molar-refractivity contribution in [2.75, 3.05) is 44.4 Å². The van der Waals surface area contributed by atoms with Gasteiger partial charge in [-0.15, -0.1) is 0 Å². The number of rotatable bonds is 3. The molecule has 1 aliphatic rings. The average Bonchev–Trinajstić information content (AvgIpc) is 2.42. The summed E-state index contributed by atoms with van der Waals surface area (Å²) in [6.45, 7) is 3.41. The fourth-order valence-corrected chi connectivity index (χ4v) is 2.62. The molecule has 0 aromatic heterocycles. The van der Waals surface area contributed by atoms with Gasteiger partial charge in [-0.3, -0.25) is 0 Å². The maximum atomic E-state index is 9.02. The number of nitriles is 1. The molecule has 19 heavy (non-hydrogen) atoms. The molecule has 1 aliphatic heterocycles. The molecule has 1 aromatic rings. The Balaban J connectivity index is 2.00. The summed E-state index contributed by atoms with van der Waals surface area (Å²) < 4.78 is 0. The molecular formula is C15H22N4. The van der Waals surface area contributed by atoms with Crippen molar-refractivity contribution < 1.29 is 0 Å². The molecule has 1 fully saturated rings. The molecule has 102 valence electrons. The highest BCUT2D eigenvalue weighted by molar-refractivity contribution is 5.62. The first-order valence-corrected chi connectivity index (χ1v) is 6.79. The van der Waals surface area contributed by atoms with Gasteiger partial charge in [0.2, 0.25) is 0 Å². The fourth-order valence-electron chi connectivity index (χ4n) is 2.62. The van der Waals surface area contributed by atoms with E-state index >= 15 is 0 Å². The van der Waals surface area contributed by atoms with Gasteiger partial charge >= 0.3 is 0 Å². The lowest BCUT2D eigenvalue weighted by Crippen LogP contribution is -2.35. The third-order valence-corrected chi connectivity index (χ3v) is 3.97. The van der Waals surface area contributed by atoms with Crippen LogP contribution in [0.3, 0.4) is 0 Å². The quantitative estimate of drug-likeness (QED) is 0.842. The van der Waals surface area contributed by atoms with Gasteiger partial charge in [-0.2, -0.15) is 5.26 Å². The topological polar surface area (TPSA) is 56.3 Å². The Hall–Kier alpha value is -1.73. The van der Waals surface area contributed by atoms with Crippen LogP contribution >= 0.6 is 0 Å². The molecule has 0 amide bonds. The third-order valence-electron chi connectivity index (χ3n) is 3.97. The Kier molecular flexibility index (Phi) is 4.28. The zero-order chi connectivity index (χ0) is 13.8. The molecule has 1 aromatic carbocycles. The molecule has 1 heterocycles. The number of anilines is 2. The summed E-state index contributed by atoms with van der Waals surface area (Å²) in [6.07, 6.45) is 2.50. The highest BCUT2D eigenvalue weighted by Crippen LogP contribution is 2.23. The summed E-state index contributed by atoms with van der Waals surface area (Å²) >= 11 is 0. The monoisotopic (exact) mass is 258 g/mol. The molecule has 0 unspecified atom stereocenters. The second-order valence-corrected chi connectivity index (χ2v) is 5.51. The molecule has 1 saturated heterocycles. The van der Waals surface area contributed by atoms with E-state index in [1.165, 1.54) is 25.9 Å². The van der Waals surface area contributed by atoms with E-state index < -0.39 is 0 Å². The van der Waals surface area contributed by atoms with Crippen LogP contribution in [0.5, 0.6) is 0 Å². The normalized spacial score (nSPS) is 17.1. The predicted octanol–water partition coefficient (Wildman–Crippen LogP) is 1.92. The van der Waals surface area contributed by atoms with E-state index in [0.29, 0.717) is 11.3 Å². The largest absolute Gasteiger partial charge is 0.398 e. The van der Waals surface area contributed by atoms with Crippen LogP contribution in [0.4, 0.5) is 11.4 Å². The Morgan fingerprint density at radius 2 is 2.11 bits per heavy atom. The lowest BCUT2D eigenvalue weighted by atomic mass is 9.96. The Labute approximate surface area is 115 Å². The number of nitrogens with two attached hydrogens (primary N) is 1. The van der Waals surface area contributed by atoms with E-state index in [2.05, 4.69) is 30.0 Å². The van der Waals surface area contributed by atoms with Crippen LogP contribution in [0, 0.1) is 17.2 Å². The van der Waals surface area contributed by atoms with Crippen LogP contribution in [0.15, 0.2) is 18.2 Å². The summed E-state index contributed by atoms with van der Waals surface area (Å²) in [6, 6.07) is 7.83. The fraction of sp³-hybridized carbons (Fsp3) is 0.533. The maximum Gasteiger partial charge on any atom is 0.101 e. The molecule has 4 heteroatoms. The molecule has 2 rings (SSSR count). The number of nitrogens with zero attached hydrogens (tertiary/aromatic N) is 3. The lowest BCUT2D eigenvalue weighted by molar-refractivity contribution is 0.222. The molecular weight excluding hydrogens is 236 g/mol. The van der Waals surface area contributed by atoms with Gasteiger partial charge in [0.15, 0.2) is 0 Å². The molecule has 0 radical (unpaired) electrons. The van der Waals surface area contributed by atoms with E-state index in [-0.39, 0.29) is 0 Å². The first-order valence-electron chi connectivity index (χ1n) is 6.79. The third kappa shape index (κ3) is 3.39. The van der Waals surface area contributed by atoms with Crippen LogP contribution in [0.1, 0.15) is 18.4 Å². The first-order chi connectivity index (χ1) is 9.10. The number of nitrogen functional groups attached to an aromatic ring is 1. The highest BCUT2D eigenvalue weighted by atomic mass is 15.1. The predicted molar refractivity (Wildman–Crippen MR) is 79.1 cm³/mol. The minimum atomic E-state index is 0.555. The van der Waals surface area contributed by atoms with Gasteiger partial charge in [0.25, 0.3) is 0 Å². The van der Waals surface area contributed by atoms with Gasteiger partial charge in [-0.25, -0.2) is 0 Å². The van der Waals surface area contributed by atoms with Crippen molar-refractivity contribution in [2.24, 2.45) is 5.92 Å². The SMILES string of the molecule is CN1CCC(CN(C)c2ccc(N)c(C#N)c2)CC1. The van der Waals surface area contributed by atoms with Crippen LogP contribution < -0.4 is 10.6 Å². The van der Waals surface area contributed by atoms with Gasteiger partial charge in [0.05, 0.1) is 5.56 Å². The van der Waals surface area contributed by atoms with E-state index in [1.54, 1.807) is 0 Å². The van der Waals surface area contributed by atoms with E-state index in [1.807, 2.05) is 18.2 Å². The van der Waals surface area contributed by atoms with Crippen molar-refractivity contribution in [1.29, 1.82) is 5.26 Å². The van der Waals surface area contributed by atoms with Gasteiger partial charge in [-0.1, -0.05) is 0 Å². The molecule has 0 atom stereocenters. The molecule has 0 aliphatic carbocycles. The first kappa shape index (κ1) is 13.7. The van der Waals surface area contributed by atoms with Gasteiger partial charge < -0.3 is 15.5 Å². The Morgan fingerprint density at radius 3 is 2.74 bits per heavy atom. The second kappa shape index (κ2) is 5.94. The van der Waals surface area contributed by atoms with Crippen LogP contribution in [-0.2, 0) is 0 Å². The van der Waals surface area contributed by atoms with Crippen molar-refractivity contribution >= 4 is 11.4 Å². The van der Waals surface area contributed by atoms with E-state index in [0.717, 1.165) is 18.2 Å². The molecule has 0 saturated carbocycles. The van der Waals surface area contributed by atoms with E-state index in [9.17, 15) is 0 Å². The molecule has 0 spiro atoms. The number of piperidine rings is 1. The molecule has 4 nitrogen and oxygen atoms in total. The Bertz CT molecular complexity index is 470. The number of hydrogen-bond donors (Lipinski definition) is 1. The minimum absolute atomic E-state index is 0.555. The average molecular weight is 258 g/mol. The number of hydrogen-bond acceptors (Lipinski definition) is 4. The van der Waals surface area contributed by atoms with Crippen molar-refractivity contribution in [2.45, 2.75) is 12.8 Å². The van der Waals surface area contributed by atoms with Crippen molar-refractivity contribution in [3.05, 3.63) is 23.8 Å². The second-order valence-electron chi connectivity index (χ2n) is 5.51. The van der Waals surface area contributed by atoms with Gasteiger partial charge in [0, 0.05) is 25.0 Å². The number of likely N-dealkylation sites (tertiary alicyclic amines) is 1. The summed E-state index contributed by atoms with van der Waals surface area (Å²) in [5, 5.41) is 9.02. The molecule has 0 bridgehead atoms. The summed E-state index contributed by atoms with van der Waals surface area (Å²) in [4.78, 5) is 4.61. The van der Waals surface area contributed by atoms with Crippen molar-refractivity contribution in [3.63, 3.8) is 0 Å². The van der Waals surface area contributed by atoms with Crippen LogP contribution in [0.2, 0.25) is 0 Å². The minimum Gasteiger partial charge on any atom is -0.398 e. The highest BCUT2D eigenvalue weighted by Gasteiger charge is 2.18. The van der Waals surface area contributed by atoms with Crippen molar-refractivity contribution in [1.82, 2.24) is 4.90 Å². The number of benzene rings is 1. The molecule has 2 N–H and O–H groups in total. The Morgan fingerprint density at radius 1 is 1.42 bits per heavy atom. The van der Waals surface area contributed by atoms with Crippen LogP contribution in [-0.4, -0.2) is 38.6 Å². The standard InChI is InChI=1S/C15H22N4/c1-18-7-5-12(6-8-18)11-19(2)14-3-4-15(17)13(9-14)10-16/h3-4,9,12H,5-8,11,17H2,1-2H3. The van der Waals surface area contributed by atoms with E-state index in [4.69, 9.17) is 11.0 Å². The van der Waals surface area contributed by atoms with Gasteiger partial charge in [-0.05, 0) is 57.1 Å². The zero-order valence-corrected chi connectivity index (χ0v) is 11.8. The lowest BCUT2D eigenvalue weighted by Gasteiger charge is -2.32. The van der Waals surface area contributed by atoms with Gasteiger partial charge in [0.1, 0.15) is 6.07 Å². The van der Waals surface area contributed by atoms with Crippen molar-refractivity contribution in [3.8, 4) is 6.07 Å².